The maximum Gasteiger partial charge on any atom is 0.247 e. The van der Waals surface area contributed by atoms with E-state index in [1.807, 2.05) is 19.9 Å². The average Bonchev–Trinajstić information content (AvgIpc) is 3.02. The molecule has 1 aliphatic carbocycles. The van der Waals surface area contributed by atoms with Crippen LogP contribution in [0, 0.1) is 17.8 Å². The summed E-state index contributed by atoms with van der Waals surface area (Å²) in [4.78, 5) is 14.4. The Labute approximate surface area is 160 Å². The standard InChI is InChI=1S/C20H30N2O5/c1-13(14(2)27-12-17-15-10-24-11-16(15)17)21-20(23)4-3-5-22-8-18-19(9-22)26-7-6-25-18/h3-4,15-19H,5-12H2,1-2H3,(H,21,23). The van der Waals surface area contributed by atoms with Crippen LogP contribution in [0.5, 0.6) is 0 Å². The molecule has 4 atom stereocenters. The molecule has 1 N–H and O–H groups in total. The van der Waals surface area contributed by atoms with Gasteiger partial charge in [-0.1, -0.05) is 6.08 Å². The lowest BCUT2D eigenvalue weighted by atomic mass is 10.2. The minimum absolute atomic E-state index is 0.128. The quantitative estimate of drug-likeness (QED) is 0.525. The van der Waals surface area contributed by atoms with Crippen molar-refractivity contribution in [3.05, 3.63) is 23.6 Å². The van der Waals surface area contributed by atoms with Gasteiger partial charge >= 0.3 is 0 Å². The van der Waals surface area contributed by atoms with Crippen LogP contribution in [0.4, 0.5) is 0 Å². The number of amides is 1. The molecule has 3 heterocycles. The molecule has 0 bridgehead atoms. The number of allylic oxidation sites excluding steroid dienone is 2. The smallest absolute Gasteiger partial charge is 0.247 e. The van der Waals surface area contributed by atoms with Gasteiger partial charge in [-0.3, -0.25) is 9.69 Å². The maximum absolute atomic E-state index is 12.1. The van der Waals surface area contributed by atoms with Gasteiger partial charge in [0.25, 0.3) is 0 Å². The molecule has 1 saturated carbocycles. The second kappa shape index (κ2) is 8.31. The van der Waals surface area contributed by atoms with Gasteiger partial charge in [0.2, 0.25) is 5.91 Å². The monoisotopic (exact) mass is 378 g/mol. The van der Waals surface area contributed by atoms with Crippen molar-refractivity contribution < 1.29 is 23.7 Å². The highest BCUT2D eigenvalue weighted by atomic mass is 16.6. The highest BCUT2D eigenvalue weighted by Crippen LogP contribution is 2.50. The van der Waals surface area contributed by atoms with Crippen LogP contribution in [0.3, 0.4) is 0 Å². The molecule has 0 radical (unpaired) electrons. The average molecular weight is 378 g/mol. The molecule has 0 spiro atoms. The van der Waals surface area contributed by atoms with E-state index in [1.54, 1.807) is 6.08 Å². The van der Waals surface area contributed by atoms with E-state index in [2.05, 4.69) is 10.2 Å². The second-order valence-corrected chi connectivity index (χ2v) is 7.95. The molecule has 3 saturated heterocycles. The van der Waals surface area contributed by atoms with Crippen LogP contribution in [-0.2, 0) is 23.7 Å². The number of nitrogens with one attached hydrogen (secondary N) is 1. The van der Waals surface area contributed by atoms with E-state index in [0.717, 1.165) is 50.9 Å². The molecule has 0 aromatic rings. The number of nitrogens with zero attached hydrogens (tertiary/aromatic N) is 1. The second-order valence-electron chi connectivity index (χ2n) is 7.95. The molecule has 4 unspecified atom stereocenters. The minimum Gasteiger partial charge on any atom is -0.496 e. The minimum atomic E-state index is -0.128. The third-order valence-corrected chi connectivity index (χ3v) is 6.13. The first-order chi connectivity index (χ1) is 13.1. The summed E-state index contributed by atoms with van der Waals surface area (Å²) >= 11 is 0. The topological polar surface area (TPSA) is 69.3 Å². The number of carbonyl (C=O) groups is 1. The van der Waals surface area contributed by atoms with Gasteiger partial charge in [-0.2, -0.15) is 0 Å². The van der Waals surface area contributed by atoms with Gasteiger partial charge in [0.1, 0.15) is 5.76 Å². The molecular formula is C20H30N2O5. The number of hydrogen-bond donors (Lipinski definition) is 1. The Morgan fingerprint density at radius 1 is 1.15 bits per heavy atom. The van der Waals surface area contributed by atoms with Crippen LogP contribution in [0.1, 0.15) is 13.8 Å². The summed E-state index contributed by atoms with van der Waals surface area (Å²) in [6.45, 7) is 10.0. The highest BCUT2D eigenvalue weighted by molar-refractivity contribution is 5.88. The number of rotatable bonds is 7. The highest BCUT2D eigenvalue weighted by Gasteiger charge is 2.54. The van der Waals surface area contributed by atoms with Crippen LogP contribution >= 0.6 is 0 Å². The summed E-state index contributed by atoms with van der Waals surface area (Å²) in [6.07, 6.45) is 3.82. The predicted molar refractivity (Wildman–Crippen MR) is 98.8 cm³/mol. The lowest BCUT2D eigenvalue weighted by Crippen LogP contribution is -2.36. The van der Waals surface area contributed by atoms with Gasteiger partial charge in [-0.05, 0) is 25.7 Å². The Hall–Kier alpha value is -1.41. The largest absolute Gasteiger partial charge is 0.496 e. The van der Waals surface area contributed by atoms with Gasteiger partial charge < -0.3 is 24.3 Å². The number of hydrogen-bond acceptors (Lipinski definition) is 6. The molecule has 0 aromatic heterocycles. The fourth-order valence-corrected chi connectivity index (χ4v) is 4.25. The number of ether oxygens (including phenoxy) is 4. The zero-order valence-corrected chi connectivity index (χ0v) is 16.2. The fraction of sp³-hybridized carbons (Fsp3) is 0.750. The van der Waals surface area contributed by atoms with Crippen molar-refractivity contribution in [1.82, 2.24) is 10.2 Å². The van der Waals surface area contributed by atoms with E-state index in [0.29, 0.717) is 31.0 Å². The Kier molecular flexibility index (Phi) is 5.82. The number of carbonyl (C=O) groups excluding carboxylic acids is 1. The van der Waals surface area contributed by atoms with E-state index in [-0.39, 0.29) is 18.1 Å². The van der Waals surface area contributed by atoms with E-state index < -0.39 is 0 Å². The van der Waals surface area contributed by atoms with Crippen molar-refractivity contribution in [2.45, 2.75) is 26.1 Å². The Balaban J connectivity index is 1.16. The molecule has 0 aromatic carbocycles. The first kappa shape index (κ1) is 18.9. The Bertz CT molecular complexity index is 595. The molecule has 4 rings (SSSR count). The van der Waals surface area contributed by atoms with Crippen molar-refractivity contribution >= 4 is 5.91 Å². The van der Waals surface area contributed by atoms with Gasteiger partial charge in [-0.15, -0.1) is 0 Å². The van der Waals surface area contributed by atoms with Gasteiger partial charge in [-0.25, -0.2) is 0 Å². The Morgan fingerprint density at radius 3 is 2.48 bits per heavy atom. The number of likely N-dealkylation sites (tertiary alicyclic amines) is 1. The van der Waals surface area contributed by atoms with Crippen LogP contribution in [0.15, 0.2) is 23.6 Å². The maximum atomic E-state index is 12.1. The van der Waals surface area contributed by atoms with Crippen molar-refractivity contribution in [3.8, 4) is 0 Å². The summed E-state index contributed by atoms with van der Waals surface area (Å²) in [5, 5.41) is 2.89. The number of fused-ring (bicyclic) bond motifs is 2. The first-order valence-corrected chi connectivity index (χ1v) is 9.93. The predicted octanol–water partition coefficient (Wildman–Crippen LogP) is 0.919. The van der Waals surface area contributed by atoms with Crippen LogP contribution in [-0.4, -0.2) is 75.7 Å². The zero-order chi connectivity index (χ0) is 18.8. The third kappa shape index (κ3) is 4.54. The molecule has 4 fully saturated rings. The van der Waals surface area contributed by atoms with Gasteiger partial charge in [0, 0.05) is 31.6 Å². The molecule has 7 nitrogen and oxygen atoms in total. The molecule has 4 aliphatic rings. The van der Waals surface area contributed by atoms with Gasteiger partial charge in [0.05, 0.1) is 50.9 Å². The first-order valence-electron chi connectivity index (χ1n) is 9.93. The van der Waals surface area contributed by atoms with Crippen LogP contribution in [0.25, 0.3) is 0 Å². The normalized spacial score (nSPS) is 36.3. The van der Waals surface area contributed by atoms with Crippen molar-refractivity contribution in [1.29, 1.82) is 0 Å². The summed E-state index contributed by atoms with van der Waals surface area (Å²) in [5.41, 5.74) is 0.765. The van der Waals surface area contributed by atoms with Crippen molar-refractivity contribution in [2.75, 3.05) is 52.7 Å². The fourth-order valence-electron chi connectivity index (χ4n) is 4.25. The molecule has 150 valence electrons. The van der Waals surface area contributed by atoms with Crippen LogP contribution in [0.2, 0.25) is 0 Å². The lowest BCUT2D eigenvalue weighted by molar-refractivity contribution is -0.116. The summed E-state index contributed by atoms with van der Waals surface area (Å²) < 4.78 is 22.7. The van der Waals surface area contributed by atoms with Crippen LogP contribution < -0.4 is 5.32 Å². The lowest BCUT2D eigenvalue weighted by Gasteiger charge is -2.24. The van der Waals surface area contributed by atoms with E-state index in [4.69, 9.17) is 18.9 Å². The van der Waals surface area contributed by atoms with E-state index in [9.17, 15) is 4.79 Å². The molecular weight excluding hydrogens is 348 g/mol. The Morgan fingerprint density at radius 2 is 1.81 bits per heavy atom. The summed E-state index contributed by atoms with van der Waals surface area (Å²) in [5.74, 6) is 2.63. The van der Waals surface area contributed by atoms with Gasteiger partial charge in [0.15, 0.2) is 0 Å². The molecule has 1 amide bonds. The van der Waals surface area contributed by atoms with Crippen molar-refractivity contribution in [2.24, 2.45) is 17.8 Å². The molecule has 3 aliphatic heterocycles. The summed E-state index contributed by atoms with van der Waals surface area (Å²) in [7, 11) is 0. The SMILES string of the molecule is CC(NC(=O)C=CCN1CC2OCCOC2C1)=C(C)OCC1C2COCC21. The summed E-state index contributed by atoms with van der Waals surface area (Å²) in [6, 6.07) is 0. The van der Waals surface area contributed by atoms with E-state index >= 15 is 0 Å². The van der Waals surface area contributed by atoms with Crippen molar-refractivity contribution in [3.63, 3.8) is 0 Å². The van der Waals surface area contributed by atoms with E-state index in [1.165, 1.54) is 0 Å². The molecule has 27 heavy (non-hydrogen) atoms. The third-order valence-electron chi connectivity index (χ3n) is 6.13. The zero-order valence-electron chi connectivity index (χ0n) is 16.2. The molecule has 7 heteroatoms.